The van der Waals surface area contributed by atoms with Gasteiger partial charge in [0.2, 0.25) is 0 Å². The fraction of sp³-hybridized carbons (Fsp3) is 0.649. The number of amides is 1. The van der Waals surface area contributed by atoms with Crippen LogP contribution in [0.3, 0.4) is 0 Å². The van der Waals surface area contributed by atoms with Crippen LogP contribution in [0.25, 0.3) is 0 Å². The number of carbonyl (C=O) groups excluding carboxylic acids is 1. The molecule has 1 aliphatic carbocycles. The Morgan fingerprint density at radius 1 is 0.787 bits per heavy atom. The van der Waals surface area contributed by atoms with Crippen molar-refractivity contribution in [3.05, 3.63) is 53.1 Å². The van der Waals surface area contributed by atoms with Gasteiger partial charge in [-0.1, -0.05) is 20.8 Å². The minimum absolute atomic E-state index is 0.0118. The van der Waals surface area contributed by atoms with Gasteiger partial charge < -0.3 is 29.9 Å². The topological polar surface area (TPSA) is 66.1 Å². The normalized spacial score (nSPS) is 24.8. The highest BCUT2D eigenvalue weighted by Crippen LogP contribution is 2.45. The summed E-state index contributed by atoms with van der Waals surface area (Å²) in [5.74, 6) is 2.19. The van der Waals surface area contributed by atoms with Gasteiger partial charge in [0.25, 0.3) is 5.91 Å². The van der Waals surface area contributed by atoms with Crippen LogP contribution in [0.2, 0.25) is 0 Å². The highest BCUT2D eigenvalue weighted by atomic mass is 19.4. The van der Waals surface area contributed by atoms with Crippen LogP contribution >= 0.6 is 0 Å². The molecule has 1 amide bonds. The number of piperazine rings is 1. The second-order valence-electron chi connectivity index (χ2n) is 15.0. The van der Waals surface area contributed by atoms with Crippen LogP contribution in [0.15, 0.2) is 36.4 Å². The Balaban J connectivity index is 1.12. The molecule has 7 nitrogen and oxygen atoms in total. The van der Waals surface area contributed by atoms with E-state index in [0.717, 1.165) is 62.8 Å². The van der Waals surface area contributed by atoms with Crippen molar-refractivity contribution in [3.63, 3.8) is 0 Å². The number of piperidine rings is 1. The second kappa shape index (κ2) is 14.2. The molecule has 1 atom stereocenters. The Bertz CT molecular complexity index is 1370. The summed E-state index contributed by atoms with van der Waals surface area (Å²) in [5, 5.41) is 6.62. The van der Waals surface area contributed by atoms with Gasteiger partial charge in [-0.05, 0) is 91.8 Å². The number of nitrogens with one attached hydrogen (secondary N) is 2. The number of benzene rings is 2. The molecule has 0 spiro atoms. The predicted octanol–water partition coefficient (Wildman–Crippen LogP) is 6.86. The molecule has 3 heterocycles. The Labute approximate surface area is 277 Å². The van der Waals surface area contributed by atoms with Crippen molar-refractivity contribution in [2.45, 2.75) is 90.0 Å². The van der Waals surface area contributed by atoms with Gasteiger partial charge in [0.15, 0.2) is 0 Å². The summed E-state index contributed by atoms with van der Waals surface area (Å²) < 4.78 is 54.0. The van der Waals surface area contributed by atoms with E-state index in [4.69, 9.17) is 9.47 Å². The Hall–Kier alpha value is -2.98. The lowest BCUT2D eigenvalue weighted by Gasteiger charge is -2.37. The zero-order valence-electron chi connectivity index (χ0n) is 28.1. The van der Waals surface area contributed by atoms with Crippen LogP contribution in [0, 0.1) is 11.3 Å². The number of alkyl halides is 3. The molecule has 47 heavy (non-hydrogen) atoms. The predicted molar refractivity (Wildman–Crippen MR) is 179 cm³/mol. The molecule has 0 unspecified atom stereocenters. The van der Waals surface area contributed by atoms with Crippen LogP contribution in [0.4, 0.5) is 18.9 Å². The third kappa shape index (κ3) is 8.37. The van der Waals surface area contributed by atoms with Gasteiger partial charge >= 0.3 is 6.18 Å². The van der Waals surface area contributed by atoms with Gasteiger partial charge in [0, 0.05) is 76.0 Å². The van der Waals surface area contributed by atoms with Gasteiger partial charge in [-0.15, -0.1) is 0 Å². The first-order valence-corrected chi connectivity index (χ1v) is 17.6. The summed E-state index contributed by atoms with van der Waals surface area (Å²) in [6.07, 6.45) is 2.05. The third-order valence-electron chi connectivity index (χ3n) is 10.7. The average Bonchev–Trinajstić information content (AvgIpc) is 3.58. The number of hydrogen-bond donors (Lipinski definition) is 2. The van der Waals surface area contributed by atoms with E-state index in [0.29, 0.717) is 67.5 Å². The standard InChI is InChI=1S/C37H51F3N4O3/c1-36(2,3)27-7-4-25(5-8-27)33-20-26(6-9-34(33)47-31-10-13-42-24-31)35(45)44-16-11-30(12-17-44)46-32-22-28(37(38,39)40)21-29(23-32)43-18-14-41-15-19-43/h6,9,20-23,25,27,30-31,41-42H,4-5,7-8,10-19,24H2,1-3H3/t25?,27?,31-/m0/s1. The number of nitrogens with zero attached hydrogens (tertiary/aromatic N) is 2. The fourth-order valence-corrected chi connectivity index (χ4v) is 7.76. The zero-order chi connectivity index (χ0) is 33.2. The maximum atomic E-state index is 13.8. The third-order valence-corrected chi connectivity index (χ3v) is 10.7. The van der Waals surface area contributed by atoms with Gasteiger partial charge in [-0.25, -0.2) is 0 Å². The number of carbonyl (C=O) groups is 1. The maximum absolute atomic E-state index is 13.8. The lowest BCUT2D eigenvalue weighted by Crippen LogP contribution is -2.43. The van der Waals surface area contributed by atoms with Crippen LogP contribution < -0.4 is 25.0 Å². The van der Waals surface area contributed by atoms with Gasteiger partial charge in [0.05, 0.1) is 5.56 Å². The molecule has 2 N–H and O–H groups in total. The minimum atomic E-state index is -4.46. The number of anilines is 1. The molecular formula is C37H51F3N4O3. The largest absolute Gasteiger partial charge is 0.490 e. The van der Waals surface area contributed by atoms with E-state index in [1.807, 2.05) is 21.9 Å². The number of likely N-dealkylation sites (tertiary alicyclic amines) is 1. The number of hydrogen-bond acceptors (Lipinski definition) is 6. The lowest BCUT2D eigenvalue weighted by atomic mass is 9.68. The second-order valence-corrected chi connectivity index (χ2v) is 15.0. The van der Waals surface area contributed by atoms with Crippen molar-refractivity contribution in [1.29, 1.82) is 0 Å². The first kappa shape index (κ1) is 33.9. The van der Waals surface area contributed by atoms with Crippen molar-refractivity contribution in [1.82, 2.24) is 15.5 Å². The molecular weight excluding hydrogens is 605 g/mol. The Morgan fingerprint density at radius 2 is 1.51 bits per heavy atom. The molecule has 0 radical (unpaired) electrons. The van der Waals surface area contributed by atoms with Crippen LogP contribution in [0.1, 0.15) is 93.1 Å². The summed E-state index contributed by atoms with van der Waals surface area (Å²) in [7, 11) is 0. The summed E-state index contributed by atoms with van der Waals surface area (Å²) in [6.45, 7) is 12.5. The molecule has 0 bridgehead atoms. The molecule has 4 fully saturated rings. The minimum Gasteiger partial charge on any atom is -0.490 e. The van der Waals surface area contributed by atoms with Gasteiger partial charge in [-0.2, -0.15) is 13.2 Å². The molecule has 4 aliphatic rings. The highest BCUT2D eigenvalue weighted by Gasteiger charge is 2.34. The number of ether oxygens (including phenoxy) is 2. The van der Waals surface area contributed by atoms with E-state index in [1.54, 1.807) is 6.07 Å². The molecule has 258 valence electrons. The van der Waals surface area contributed by atoms with E-state index < -0.39 is 11.7 Å². The smallest absolute Gasteiger partial charge is 0.416 e. The van der Waals surface area contributed by atoms with E-state index in [-0.39, 0.29) is 23.9 Å². The zero-order valence-corrected chi connectivity index (χ0v) is 28.1. The average molecular weight is 657 g/mol. The van der Waals surface area contributed by atoms with Gasteiger partial charge in [0.1, 0.15) is 23.7 Å². The first-order valence-electron chi connectivity index (χ1n) is 17.6. The molecule has 2 aromatic carbocycles. The lowest BCUT2D eigenvalue weighted by molar-refractivity contribution is -0.137. The van der Waals surface area contributed by atoms with Crippen LogP contribution in [0.5, 0.6) is 11.5 Å². The van der Waals surface area contributed by atoms with Crippen LogP contribution in [-0.2, 0) is 6.18 Å². The fourth-order valence-electron chi connectivity index (χ4n) is 7.76. The summed E-state index contributed by atoms with van der Waals surface area (Å²) in [4.78, 5) is 17.6. The molecule has 3 aliphatic heterocycles. The van der Waals surface area contributed by atoms with E-state index in [9.17, 15) is 18.0 Å². The summed E-state index contributed by atoms with van der Waals surface area (Å²) in [6, 6.07) is 10.0. The number of halogens is 3. The maximum Gasteiger partial charge on any atom is 0.416 e. The van der Waals surface area contributed by atoms with E-state index in [1.165, 1.54) is 18.9 Å². The van der Waals surface area contributed by atoms with Crippen molar-refractivity contribution in [3.8, 4) is 11.5 Å². The van der Waals surface area contributed by atoms with Crippen molar-refractivity contribution < 1.29 is 27.4 Å². The van der Waals surface area contributed by atoms with Crippen LogP contribution in [-0.4, -0.2) is 75.4 Å². The molecule has 10 heteroatoms. The molecule has 1 saturated carbocycles. The quantitative estimate of drug-likeness (QED) is 0.340. The van der Waals surface area contributed by atoms with Crippen molar-refractivity contribution >= 4 is 11.6 Å². The monoisotopic (exact) mass is 656 g/mol. The summed E-state index contributed by atoms with van der Waals surface area (Å²) >= 11 is 0. The SMILES string of the molecule is CC(C)(C)C1CCC(c2cc(C(=O)N3CCC(Oc4cc(N5CCNCC5)cc(C(F)(F)F)c4)CC3)ccc2O[C@H]2CCNC2)CC1. The molecule has 6 rings (SSSR count). The highest BCUT2D eigenvalue weighted by molar-refractivity contribution is 5.94. The Morgan fingerprint density at radius 3 is 2.15 bits per heavy atom. The van der Waals surface area contributed by atoms with Gasteiger partial charge in [-0.3, -0.25) is 4.79 Å². The number of rotatable bonds is 7. The van der Waals surface area contributed by atoms with E-state index in [2.05, 4.69) is 37.5 Å². The van der Waals surface area contributed by atoms with Crippen molar-refractivity contribution in [2.75, 3.05) is 57.3 Å². The first-order chi connectivity index (χ1) is 22.4. The summed E-state index contributed by atoms with van der Waals surface area (Å²) in [5.41, 5.74) is 1.95. The molecule has 2 aromatic rings. The molecule has 3 saturated heterocycles. The molecule has 0 aromatic heterocycles. The van der Waals surface area contributed by atoms with Crippen molar-refractivity contribution in [2.24, 2.45) is 11.3 Å². The Kier molecular flexibility index (Phi) is 10.3. The van der Waals surface area contributed by atoms with E-state index >= 15 is 0 Å².